The van der Waals surface area contributed by atoms with Gasteiger partial charge in [-0.05, 0) is 30.2 Å². The Morgan fingerprint density at radius 2 is 2.23 bits per heavy atom. The molecule has 1 N–H and O–H groups in total. The number of nitrogens with zero attached hydrogens (tertiary/aromatic N) is 1. The molecule has 1 aromatic carbocycles. The second kappa shape index (κ2) is 3.23. The van der Waals surface area contributed by atoms with Crippen molar-refractivity contribution in [3.05, 3.63) is 41.2 Å². The number of aryl methyl sites for hydroxylation is 1. The van der Waals surface area contributed by atoms with E-state index in [4.69, 9.17) is 11.6 Å². The first kappa shape index (κ1) is 8.32. The normalized spacial score (nSPS) is 10.3. The number of benzene rings is 1. The van der Waals surface area contributed by atoms with Crippen molar-refractivity contribution in [3.63, 3.8) is 0 Å². The zero-order valence-electron chi connectivity index (χ0n) is 7.21. The number of hydrogen-bond donors (Lipinski definition) is 1. The minimum absolute atomic E-state index is 0.768. The van der Waals surface area contributed by atoms with Gasteiger partial charge in [0, 0.05) is 16.8 Å². The predicted octanol–water partition coefficient (Wildman–Crippen LogP) is 3.04. The van der Waals surface area contributed by atoms with Crippen molar-refractivity contribution in [1.82, 2.24) is 10.2 Å². The highest BCUT2D eigenvalue weighted by Gasteiger charge is 2.02. The molecular formula is C10H9ClN2. The lowest BCUT2D eigenvalue weighted by Crippen LogP contribution is -1.80. The number of aromatic amines is 1. The molecule has 2 rings (SSSR count). The molecule has 0 amide bonds. The van der Waals surface area contributed by atoms with Gasteiger partial charge in [0.05, 0.1) is 6.20 Å². The Hall–Kier alpha value is -1.28. The number of hydrogen-bond acceptors (Lipinski definition) is 1. The van der Waals surface area contributed by atoms with Crippen LogP contribution in [-0.2, 0) is 0 Å². The van der Waals surface area contributed by atoms with E-state index in [-0.39, 0.29) is 0 Å². The van der Waals surface area contributed by atoms with Gasteiger partial charge in [0.25, 0.3) is 0 Å². The third kappa shape index (κ3) is 1.58. The van der Waals surface area contributed by atoms with E-state index in [1.807, 2.05) is 31.3 Å². The second-order valence-electron chi connectivity index (χ2n) is 2.95. The van der Waals surface area contributed by atoms with Gasteiger partial charge in [-0.3, -0.25) is 5.10 Å². The maximum absolute atomic E-state index is 5.85. The average molecular weight is 193 g/mol. The fourth-order valence-electron chi connectivity index (χ4n) is 1.35. The van der Waals surface area contributed by atoms with E-state index in [1.165, 1.54) is 0 Å². The summed E-state index contributed by atoms with van der Waals surface area (Å²) < 4.78 is 0. The largest absolute Gasteiger partial charge is 0.285 e. The van der Waals surface area contributed by atoms with Crippen LogP contribution in [0.3, 0.4) is 0 Å². The smallest absolute Gasteiger partial charge is 0.0565 e. The molecule has 2 aromatic rings. The van der Waals surface area contributed by atoms with Crippen molar-refractivity contribution in [2.24, 2.45) is 0 Å². The van der Waals surface area contributed by atoms with Crippen LogP contribution in [-0.4, -0.2) is 10.2 Å². The van der Waals surface area contributed by atoms with Gasteiger partial charge in [-0.25, -0.2) is 0 Å². The van der Waals surface area contributed by atoms with Crippen LogP contribution in [0, 0.1) is 6.92 Å². The minimum Gasteiger partial charge on any atom is -0.285 e. The summed E-state index contributed by atoms with van der Waals surface area (Å²) in [6.07, 6.45) is 3.67. The van der Waals surface area contributed by atoms with Crippen molar-refractivity contribution in [1.29, 1.82) is 0 Å². The Bertz CT molecular complexity index is 407. The van der Waals surface area contributed by atoms with Gasteiger partial charge in [-0.1, -0.05) is 17.7 Å². The van der Waals surface area contributed by atoms with Crippen molar-refractivity contribution in [2.75, 3.05) is 0 Å². The van der Waals surface area contributed by atoms with Gasteiger partial charge in [-0.15, -0.1) is 0 Å². The molecule has 0 fully saturated rings. The number of halogens is 1. The summed E-state index contributed by atoms with van der Waals surface area (Å²) in [7, 11) is 0. The maximum atomic E-state index is 5.85. The topological polar surface area (TPSA) is 28.7 Å². The van der Waals surface area contributed by atoms with Gasteiger partial charge in [0.15, 0.2) is 0 Å². The molecular weight excluding hydrogens is 184 g/mol. The summed E-state index contributed by atoms with van der Waals surface area (Å²) in [5.74, 6) is 0. The highest BCUT2D eigenvalue weighted by molar-refractivity contribution is 6.30. The Morgan fingerprint density at radius 1 is 1.38 bits per heavy atom. The van der Waals surface area contributed by atoms with Crippen molar-refractivity contribution in [2.45, 2.75) is 6.92 Å². The maximum Gasteiger partial charge on any atom is 0.0565 e. The molecule has 0 unspecified atom stereocenters. The van der Waals surface area contributed by atoms with E-state index in [0.717, 1.165) is 21.7 Å². The molecule has 0 aliphatic carbocycles. The van der Waals surface area contributed by atoms with Gasteiger partial charge >= 0.3 is 0 Å². The van der Waals surface area contributed by atoms with E-state index in [0.29, 0.717) is 0 Å². The molecule has 0 radical (unpaired) electrons. The third-order valence-electron chi connectivity index (χ3n) is 2.00. The molecule has 1 aromatic heterocycles. The lowest BCUT2D eigenvalue weighted by atomic mass is 10.0. The van der Waals surface area contributed by atoms with Crippen LogP contribution in [0.1, 0.15) is 5.56 Å². The van der Waals surface area contributed by atoms with E-state index in [2.05, 4.69) is 10.2 Å². The lowest BCUT2D eigenvalue weighted by Gasteiger charge is -2.02. The highest BCUT2D eigenvalue weighted by Crippen LogP contribution is 2.24. The lowest BCUT2D eigenvalue weighted by molar-refractivity contribution is 1.09. The highest BCUT2D eigenvalue weighted by atomic mass is 35.5. The zero-order valence-corrected chi connectivity index (χ0v) is 7.97. The second-order valence-corrected chi connectivity index (χ2v) is 3.38. The first-order valence-corrected chi connectivity index (χ1v) is 4.40. The molecule has 0 aliphatic rings. The van der Waals surface area contributed by atoms with Crippen LogP contribution in [0.4, 0.5) is 0 Å². The molecule has 66 valence electrons. The van der Waals surface area contributed by atoms with Crippen LogP contribution in [0.25, 0.3) is 11.1 Å². The summed E-state index contributed by atoms with van der Waals surface area (Å²) in [5, 5.41) is 7.46. The Morgan fingerprint density at radius 3 is 2.85 bits per heavy atom. The van der Waals surface area contributed by atoms with E-state index in [1.54, 1.807) is 6.20 Å². The summed E-state index contributed by atoms with van der Waals surface area (Å²) >= 11 is 5.85. The van der Waals surface area contributed by atoms with Crippen LogP contribution in [0.2, 0.25) is 5.02 Å². The molecule has 13 heavy (non-hydrogen) atoms. The number of rotatable bonds is 1. The molecule has 0 saturated carbocycles. The molecule has 3 heteroatoms. The Balaban J connectivity index is 2.53. The molecule has 0 atom stereocenters. The Kier molecular flexibility index (Phi) is 2.07. The number of H-pyrrole nitrogens is 1. The third-order valence-corrected chi connectivity index (χ3v) is 2.23. The SMILES string of the molecule is Cc1cc(Cl)ccc1-c1cn[nH]c1. The summed E-state index contributed by atoms with van der Waals surface area (Å²) in [6, 6.07) is 5.84. The summed E-state index contributed by atoms with van der Waals surface area (Å²) in [4.78, 5) is 0. The van der Waals surface area contributed by atoms with E-state index < -0.39 is 0 Å². The van der Waals surface area contributed by atoms with Crippen LogP contribution in [0.5, 0.6) is 0 Å². The first-order valence-electron chi connectivity index (χ1n) is 4.02. The van der Waals surface area contributed by atoms with Gasteiger partial charge in [0.1, 0.15) is 0 Å². The van der Waals surface area contributed by atoms with Crippen molar-refractivity contribution < 1.29 is 0 Å². The minimum atomic E-state index is 0.768. The van der Waals surface area contributed by atoms with E-state index in [9.17, 15) is 0 Å². The molecule has 0 spiro atoms. The average Bonchev–Trinajstić information content (AvgIpc) is 2.56. The standard InChI is InChI=1S/C10H9ClN2/c1-7-4-9(11)2-3-10(7)8-5-12-13-6-8/h2-6H,1H3,(H,12,13). The van der Waals surface area contributed by atoms with Crippen LogP contribution < -0.4 is 0 Å². The summed E-state index contributed by atoms with van der Waals surface area (Å²) in [5.41, 5.74) is 3.42. The van der Waals surface area contributed by atoms with Gasteiger partial charge in [-0.2, -0.15) is 5.10 Å². The molecule has 0 aliphatic heterocycles. The van der Waals surface area contributed by atoms with Crippen LogP contribution in [0.15, 0.2) is 30.6 Å². The molecule has 0 bridgehead atoms. The molecule has 1 heterocycles. The monoisotopic (exact) mass is 192 g/mol. The van der Waals surface area contributed by atoms with Crippen molar-refractivity contribution in [3.8, 4) is 11.1 Å². The number of aromatic nitrogens is 2. The van der Waals surface area contributed by atoms with Crippen molar-refractivity contribution >= 4 is 11.6 Å². The molecule has 0 saturated heterocycles. The quantitative estimate of drug-likeness (QED) is 0.739. The predicted molar refractivity (Wildman–Crippen MR) is 53.8 cm³/mol. The fourth-order valence-corrected chi connectivity index (χ4v) is 1.58. The number of nitrogens with one attached hydrogen (secondary N) is 1. The zero-order chi connectivity index (χ0) is 9.26. The van der Waals surface area contributed by atoms with Gasteiger partial charge < -0.3 is 0 Å². The van der Waals surface area contributed by atoms with E-state index >= 15 is 0 Å². The fraction of sp³-hybridized carbons (Fsp3) is 0.100. The Labute approximate surface area is 81.6 Å². The first-order chi connectivity index (χ1) is 6.27. The summed E-state index contributed by atoms with van der Waals surface area (Å²) in [6.45, 7) is 2.04. The van der Waals surface area contributed by atoms with Crippen LogP contribution >= 0.6 is 11.6 Å². The molecule has 2 nitrogen and oxygen atoms in total. The van der Waals surface area contributed by atoms with Gasteiger partial charge in [0.2, 0.25) is 0 Å².